The van der Waals surface area contributed by atoms with Crippen molar-refractivity contribution >= 4 is 12.0 Å². The van der Waals surface area contributed by atoms with Crippen molar-refractivity contribution in [3.63, 3.8) is 0 Å². The molecule has 2 aliphatic rings. The van der Waals surface area contributed by atoms with Gasteiger partial charge in [-0.3, -0.25) is 14.5 Å². The summed E-state index contributed by atoms with van der Waals surface area (Å²) in [6.45, 7) is 7.13. The van der Waals surface area contributed by atoms with E-state index in [9.17, 15) is 4.79 Å². The van der Waals surface area contributed by atoms with Crippen LogP contribution in [0.3, 0.4) is 0 Å². The molecule has 1 aliphatic carbocycles. The molecular weight excluding hydrogens is 388 g/mol. The van der Waals surface area contributed by atoms with Crippen molar-refractivity contribution in [1.82, 2.24) is 14.8 Å². The Morgan fingerprint density at radius 1 is 1.27 bits per heavy atom. The largest absolute Gasteiger partial charge is 0.462 e. The molecule has 1 saturated carbocycles. The van der Waals surface area contributed by atoms with Gasteiger partial charge in [-0.25, -0.2) is 8.78 Å². The molecule has 2 aromatic heterocycles. The van der Waals surface area contributed by atoms with Gasteiger partial charge in [0.1, 0.15) is 11.5 Å². The zero-order chi connectivity index (χ0) is 21.8. The number of alkyl halides is 2. The highest BCUT2D eigenvalue weighted by atomic mass is 19.3. The van der Waals surface area contributed by atoms with Gasteiger partial charge in [-0.2, -0.15) is 5.10 Å². The van der Waals surface area contributed by atoms with E-state index in [1.54, 1.807) is 50.0 Å². The van der Waals surface area contributed by atoms with Crippen LogP contribution in [0.4, 0.5) is 8.78 Å². The van der Waals surface area contributed by atoms with Crippen molar-refractivity contribution < 1.29 is 18.3 Å². The average molecular weight is 415 g/mol. The molecule has 4 rings (SSSR count). The van der Waals surface area contributed by atoms with Gasteiger partial charge in [0.15, 0.2) is 0 Å². The van der Waals surface area contributed by atoms with Crippen molar-refractivity contribution in [3.8, 4) is 0 Å². The third-order valence-electron chi connectivity index (χ3n) is 6.90. The minimum absolute atomic E-state index is 0.375. The molecule has 3 heterocycles. The predicted molar refractivity (Wildman–Crippen MR) is 109 cm³/mol. The molecule has 7 heteroatoms. The van der Waals surface area contributed by atoms with Gasteiger partial charge in [-0.05, 0) is 50.5 Å². The number of halogens is 2. The van der Waals surface area contributed by atoms with Crippen molar-refractivity contribution in [1.29, 1.82) is 0 Å². The minimum Gasteiger partial charge on any atom is -0.462 e. The number of rotatable bonds is 3. The van der Waals surface area contributed by atoms with Crippen molar-refractivity contribution in [2.45, 2.75) is 51.6 Å². The summed E-state index contributed by atoms with van der Waals surface area (Å²) in [6.07, 6.45) is 4.22. The van der Waals surface area contributed by atoms with E-state index in [0.717, 1.165) is 11.3 Å². The Morgan fingerprint density at radius 2 is 2.00 bits per heavy atom. The van der Waals surface area contributed by atoms with E-state index in [4.69, 9.17) is 4.74 Å². The Bertz CT molecular complexity index is 979. The molecule has 1 saturated heterocycles. The van der Waals surface area contributed by atoms with Crippen LogP contribution in [-0.2, 0) is 22.0 Å². The maximum absolute atomic E-state index is 15.3. The van der Waals surface area contributed by atoms with Crippen LogP contribution in [0.2, 0.25) is 0 Å². The number of nitrogens with zero attached hydrogens (tertiary/aromatic N) is 3. The molecule has 0 spiro atoms. The van der Waals surface area contributed by atoms with Crippen LogP contribution in [0.1, 0.15) is 42.9 Å². The number of aryl methyl sites for hydroxylation is 3. The first-order valence-electron chi connectivity index (χ1n) is 10.3. The quantitative estimate of drug-likeness (QED) is 0.704. The van der Waals surface area contributed by atoms with Gasteiger partial charge in [0.25, 0.3) is 5.92 Å². The second-order valence-electron chi connectivity index (χ2n) is 8.83. The van der Waals surface area contributed by atoms with E-state index in [2.05, 4.69) is 10.1 Å². The van der Waals surface area contributed by atoms with Gasteiger partial charge in [-0.1, -0.05) is 19.1 Å². The fourth-order valence-corrected chi connectivity index (χ4v) is 5.06. The lowest BCUT2D eigenvalue weighted by molar-refractivity contribution is -0.157. The predicted octanol–water partition coefficient (Wildman–Crippen LogP) is 4.24. The van der Waals surface area contributed by atoms with E-state index in [1.165, 1.54) is 0 Å². The van der Waals surface area contributed by atoms with E-state index in [1.807, 2.05) is 26.0 Å². The number of ether oxygens (including phenoxy) is 1. The third-order valence-corrected chi connectivity index (χ3v) is 6.90. The van der Waals surface area contributed by atoms with Crippen molar-refractivity contribution in [2.75, 3.05) is 0 Å². The SMILES string of the molecule is Cc1ccc(/C=C/[C@@H]2[C@@H]3[C@@H](C)OC(=O)[C@]3(c3cc(C)n(C)n3)CC(F)(F)[C@H]2C)nc1. The Balaban J connectivity index is 1.83. The summed E-state index contributed by atoms with van der Waals surface area (Å²) < 4.78 is 37.8. The van der Waals surface area contributed by atoms with E-state index in [-0.39, 0.29) is 0 Å². The molecular formula is C23H27F2N3O2. The molecule has 0 bridgehead atoms. The number of carbonyl (C=O) groups is 1. The monoisotopic (exact) mass is 415 g/mol. The second-order valence-corrected chi connectivity index (χ2v) is 8.83. The normalized spacial score (nSPS) is 33.0. The average Bonchev–Trinajstić information content (AvgIpc) is 3.14. The van der Waals surface area contributed by atoms with Crippen LogP contribution in [-0.4, -0.2) is 32.8 Å². The van der Waals surface area contributed by atoms with Gasteiger partial charge in [-0.15, -0.1) is 0 Å². The number of fused-ring (bicyclic) bond motifs is 1. The van der Waals surface area contributed by atoms with Crippen LogP contribution in [0.25, 0.3) is 6.08 Å². The Morgan fingerprint density at radius 3 is 2.60 bits per heavy atom. The Hall–Kier alpha value is -2.57. The minimum atomic E-state index is -3.04. The molecule has 160 valence electrons. The summed E-state index contributed by atoms with van der Waals surface area (Å²) >= 11 is 0. The molecule has 2 aromatic rings. The van der Waals surface area contributed by atoms with Crippen LogP contribution in [0, 0.1) is 31.6 Å². The van der Waals surface area contributed by atoms with Gasteiger partial charge >= 0.3 is 5.97 Å². The zero-order valence-electron chi connectivity index (χ0n) is 17.9. The maximum Gasteiger partial charge on any atom is 0.319 e. The third kappa shape index (κ3) is 3.06. The zero-order valence-corrected chi connectivity index (χ0v) is 17.9. The lowest BCUT2D eigenvalue weighted by Crippen LogP contribution is -2.56. The summed E-state index contributed by atoms with van der Waals surface area (Å²) in [7, 11) is 1.75. The molecule has 0 aromatic carbocycles. The van der Waals surface area contributed by atoms with E-state index in [0.29, 0.717) is 11.4 Å². The number of cyclic esters (lactones) is 1. The number of aromatic nitrogens is 3. The molecule has 30 heavy (non-hydrogen) atoms. The molecule has 0 radical (unpaired) electrons. The first kappa shape index (κ1) is 20.7. The highest BCUT2D eigenvalue weighted by Crippen LogP contribution is 2.59. The van der Waals surface area contributed by atoms with Crippen LogP contribution in [0.5, 0.6) is 0 Å². The van der Waals surface area contributed by atoms with E-state index >= 15 is 8.78 Å². The van der Waals surface area contributed by atoms with Gasteiger partial charge in [0.2, 0.25) is 0 Å². The molecule has 5 nitrogen and oxygen atoms in total. The Kier molecular flexibility index (Phi) is 4.83. The fraction of sp³-hybridized carbons (Fsp3) is 0.522. The second kappa shape index (κ2) is 7.00. The number of esters is 1. The molecule has 0 amide bonds. The fourth-order valence-electron chi connectivity index (χ4n) is 5.06. The summed E-state index contributed by atoms with van der Waals surface area (Å²) in [6, 6.07) is 5.52. The Labute approximate surface area is 175 Å². The first-order chi connectivity index (χ1) is 14.1. The molecule has 1 aliphatic heterocycles. The number of pyridine rings is 1. The topological polar surface area (TPSA) is 57.0 Å². The molecule has 5 atom stereocenters. The lowest BCUT2D eigenvalue weighted by atomic mass is 9.55. The van der Waals surface area contributed by atoms with Crippen LogP contribution < -0.4 is 0 Å². The van der Waals surface area contributed by atoms with Gasteiger partial charge < -0.3 is 4.74 Å². The highest BCUT2D eigenvalue weighted by Gasteiger charge is 2.69. The maximum atomic E-state index is 15.3. The number of allylic oxidation sites excluding steroid dienone is 1. The first-order valence-corrected chi connectivity index (χ1v) is 10.3. The van der Waals surface area contributed by atoms with E-state index < -0.39 is 47.6 Å². The smallest absolute Gasteiger partial charge is 0.319 e. The summed E-state index contributed by atoms with van der Waals surface area (Å²) in [5.41, 5.74) is 1.44. The number of hydrogen-bond acceptors (Lipinski definition) is 4. The summed E-state index contributed by atoms with van der Waals surface area (Å²) in [5, 5.41) is 4.45. The highest BCUT2D eigenvalue weighted by molar-refractivity contribution is 5.86. The number of hydrogen-bond donors (Lipinski definition) is 0. The van der Waals surface area contributed by atoms with Crippen molar-refractivity contribution in [3.05, 3.63) is 53.1 Å². The molecule has 0 N–H and O–H groups in total. The van der Waals surface area contributed by atoms with Crippen LogP contribution in [0.15, 0.2) is 30.5 Å². The van der Waals surface area contributed by atoms with Gasteiger partial charge in [0, 0.05) is 37.2 Å². The lowest BCUT2D eigenvalue weighted by Gasteiger charge is -2.47. The standard InChI is InChI=1S/C23H27F2N3O2/c1-13-6-7-17(26-11-13)8-9-18-15(3)23(24,25)12-22(19-10-14(2)28(5)27-19)20(18)16(4)30-21(22)29/h6-11,15-16,18,20H,12H2,1-5H3/b9-8+/t15-,16+,18-,20-,22-/m0/s1. The number of carbonyl (C=O) groups excluding carboxylic acids is 1. The summed E-state index contributed by atoms with van der Waals surface area (Å²) in [5.74, 6) is -5.59. The van der Waals surface area contributed by atoms with Crippen LogP contribution >= 0.6 is 0 Å². The van der Waals surface area contributed by atoms with Crippen molar-refractivity contribution in [2.24, 2.45) is 24.8 Å². The molecule has 0 unspecified atom stereocenters. The van der Waals surface area contributed by atoms with Gasteiger partial charge in [0.05, 0.1) is 11.4 Å². The molecule has 2 fully saturated rings. The summed E-state index contributed by atoms with van der Waals surface area (Å²) in [4.78, 5) is 17.4.